The van der Waals surface area contributed by atoms with Crippen LogP contribution in [-0.4, -0.2) is 6.54 Å². The van der Waals surface area contributed by atoms with Crippen LogP contribution in [0.1, 0.15) is 38.3 Å². The maximum Gasteiger partial charge on any atom is 0.0318 e. The van der Waals surface area contributed by atoms with Crippen molar-refractivity contribution in [1.82, 2.24) is 5.32 Å². The van der Waals surface area contributed by atoms with E-state index in [1.807, 2.05) is 0 Å². The van der Waals surface area contributed by atoms with Crippen molar-refractivity contribution < 1.29 is 0 Å². The molecule has 1 aromatic rings. The second-order valence-electron chi connectivity index (χ2n) is 4.90. The zero-order valence-corrected chi connectivity index (χ0v) is 11.6. The van der Waals surface area contributed by atoms with E-state index in [0.29, 0.717) is 6.04 Å². The summed E-state index contributed by atoms with van der Waals surface area (Å²) in [4.78, 5) is 0. The van der Waals surface area contributed by atoms with Gasteiger partial charge in [0.1, 0.15) is 0 Å². The zero-order chi connectivity index (χ0) is 11.5. The average molecular weight is 282 g/mol. The van der Waals surface area contributed by atoms with E-state index >= 15 is 0 Å². The highest BCUT2D eigenvalue weighted by molar-refractivity contribution is 9.10. The topological polar surface area (TPSA) is 12.0 Å². The summed E-state index contributed by atoms with van der Waals surface area (Å²) in [6, 6.07) is 9.13. The maximum absolute atomic E-state index is 3.68. The summed E-state index contributed by atoms with van der Waals surface area (Å²) in [6.45, 7) is 5.76. The SMILES string of the molecule is CCC(NCC1CC1C)c1cccc(Br)c1. The van der Waals surface area contributed by atoms with Crippen LogP contribution in [0.3, 0.4) is 0 Å². The Balaban J connectivity index is 1.93. The minimum atomic E-state index is 0.505. The Morgan fingerprint density at radius 2 is 2.25 bits per heavy atom. The van der Waals surface area contributed by atoms with E-state index in [1.165, 1.54) is 23.0 Å². The van der Waals surface area contributed by atoms with Gasteiger partial charge in [0.2, 0.25) is 0 Å². The van der Waals surface area contributed by atoms with Gasteiger partial charge in [0.15, 0.2) is 0 Å². The molecule has 0 heterocycles. The summed E-state index contributed by atoms with van der Waals surface area (Å²) in [7, 11) is 0. The van der Waals surface area contributed by atoms with E-state index in [0.717, 1.165) is 18.3 Å². The fraction of sp³-hybridized carbons (Fsp3) is 0.571. The summed E-state index contributed by atoms with van der Waals surface area (Å²) in [5.41, 5.74) is 1.39. The molecule has 1 N–H and O–H groups in total. The fourth-order valence-electron chi connectivity index (χ4n) is 2.20. The number of nitrogens with one attached hydrogen (secondary N) is 1. The van der Waals surface area contributed by atoms with Crippen LogP contribution in [0.25, 0.3) is 0 Å². The standard InChI is InChI=1S/C14H20BrN/c1-3-14(16-9-12-7-10(12)2)11-5-4-6-13(15)8-11/h4-6,8,10,12,14,16H,3,7,9H2,1-2H3. The second kappa shape index (κ2) is 5.33. The molecule has 2 heteroatoms. The molecule has 88 valence electrons. The fourth-order valence-corrected chi connectivity index (χ4v) is 2.62. The van der Waals surface area contributed by atoms with Gasteiger partial charge in [-0.1, -0.05) is 41.9 Å². The zero-order valence-electron chi connectivity index (χ0n) is 10.0. The molecule has 3 atom stereocenters. The Bertz CT molecular complexity index is 350. The van der Waals surface area contributed by atoms with E-state index in [-0.39, 0.29) is 0 Å². The third-order valence-electron chi connectivity index (χ3n) is 3.56. The number of halogens is 1. The predicted molar refractivity (Wildman–Crippen MR) is 72.4 cm³/mol. The molecule has 0 aliphatic heterocycles. The number of benzene rings is 1. The molecule has 1 nitrogen and oxygen atoms in total. The molecule has 1 saturated carbocycles. The van der Waals surface area contributed by atoms with Gasteiger partial charge < -0.3 is 5.32 Å². The van der Waals surface area contributed by atoms with Crippen LogP contribution in [0, 0.1) is 11.8 Å². The van der Waals surface area contributed by atoms with Gasteiger partial charge >= 0.3 is 0 Å². The Morgan fingerprint density at radius 3 is 2.81 bits per heavy atom. The summed E-state index contributed by atoms with van der Waals surface area (Å²) in [5.74, 6) is 1.86. The van der Waals surface area contributed by atoms with Gasteiger partial charge in [-0.15, -0.1) is 0 Å². The molecule has 0 aromatic heterocycles. The van der Waals surface area contributed by atoms with Crippen molar-refractivity contribution >= 4 is 15.9 Å². The smallest absolute Gasteiger partial charge is 0.0318 e. The monoisotopic (exact) mass is 281 g/mol. The van der Waals surface area contributed by atoms with E-state index in [1.54, 1.807) is 0 Å². The lowest BCUT2D eigenvalue weighted by Gasteiger charge is -2.17. The molecule has 16 heavy (non-hydrogen) atoms. The first-order valence-corrected chi connectivity index (χ1v) is 6.99. The van der Waals surface area contributed by atoms with Gasteiger partial charge in [-0.25, -0.2) is 0 Å². The first kappa shape index (κ1) is 12.1. The molecule has 2 rings (SSSR count). The maximum atomic E-state index is 3.68. The normalized spacial score (nSPS) is 25.4. The Hall–Kier alpha value is -0.340. The van der Waals surface area contributed by atoms with Crippen molar-refractivity contribution in [3.8, 4) is 0 Å². The van der Waals surface area contributed by atoms with Crippen LogP contribution in [0.4, 0.5) is 0 Å². The first-order chi connectivity index (χ1) is 7.70. The van der Waals surface area contributed by atoms with Crippen LogP contribution in [0.5, 0.6) is 0 Å². The Kier molecular flexibility index (Phi) is 4.04. The highest BCUT2D eigenvalue weighted by Crippen LogP contribution is 2.37. The quantitative estimate of drug-likeness (QED) is 0.855. The van der Waals surface area contributed by atoms with Gasteiger partial charge in [-0.2, -0.15) is 0 Å². The first-order valence-electron chi connectivity index (χ1n) is 6.19. The largest absolute Gasteiger partial charge is 0.310 e. The Labute approximate surface area is 107 Å². The lowest BCUT2D eigenvalue weighted by Crippen LogP contribution is -2.23. The molecule has 0 bridgehead atoms. The summed E-state index contributed by atoms with van der Waals surface area (Å²) in [5, 5.41) is 3.68. The van der Waals surface area contributed by atoms with Crippen molar-refractivity contribution in [3.63, 3.8) is 0 Å². The van der Waals surface area contributed by atoms with E-state index in [4.69, 9.17) is 0 Å². The molecule has 0 spiro atoms. The average Bonchev–Trinajstić information content (AvgIpc) is 2.96. The van der Waals surface area contributed by atoms with Gasteiger partial charge in [-0.05, 0) is 48.9 Å². The number of hydrogen-bond acceptors (Lipinski definition) is 1. The van der Waals surface area contributed by atoms with Crippen molar-refractivity contribution in [2.24, 2.45) is 11.8 Å². The van der Waals surface area contributed by atoms with Crippen LogP contribution < -0.4 is 5.32 Å². The third kappa shape index (κ3) is 3.08. The minimum Gasteiger partial charge on any atom is -0.310 e. The van der Waals surface area contributed by atoms with E-state index < -0.39 is 0 Å². The van der Waals surface area contributed by atoms with E-state index in [2.05, 4.69) is 59.4 Å². The molecule has 0 saturated heterocycles. The third-order valence-corrected chi connectivity index (χ3v) is 4.06. The summed E-state index contributed by atoms with van der Waals surface area (Å²) < 4.78 is 1.17. The molecule has 0 radical (unpaired) electrons. The molecule has 1 aromatic carbocycles. The predicted octanol–water partition coefficient (Wildman–Crippen LogP) is 4.15. The second-order valence-corrected chi connectivity index (χ2v) is 5.81. The molecule has 3 unspecified atom stereocenters. The van der Waals surface area contributed by atoms with Gasteiger partial charge in [-0.3, -0.25) is 0 Å². The van der Waals surface area contributed by atoms with Crippen molar-refractivity contribution in [1.29, 1.82) is 0 Å². The molecular formula is C14H20BrN. The van der Waals surface area contributed by atoms with Gasteiger partial charge in [0.25, 0.3) is 0 Å². The highest BCUT2D eigenvalue weighted by atomic mass is 79.9. The van der Waals surface area contributed by atoms with Crippen molar-refractivity contribution in [2.75, 3.05) is 6.54 Å². The molecule has 1 fully saturated rings. The van der Waals surface area contributed by atoms with Crippen LogP contribution >= 0.6 is 15.9 Å². The van der Waals surface area contributed by atoms with Crippen molar-refractivity contribution in [2.45, 2.75) is 32.7 Å². The number of hydrogen-bond donors (Lipinski definition) is 1. The van der Waals surface area contributed by atoms with Gasteiger partial charge in [0, 0.05) is 10.5 Å². The molecular weight excluding hydrogens is 262 g/mol. The lowest BCUT2D eigenvalue weighted by molar-refractivity contribution is 0.493. The van der Waals surface area contributed by atoms with Crippen molar-refractivity contribution in [3.05, 3.63) is 34.3 Å². The highest BCUT2D eigenvalue weighted by Gasteiger charge is 2.32. The molecule has 0 amide bonds. The molecule has 1 aliphatic rings. The van der Waals surface area contributed by atoms with Crippen LogP contribution in [0.2, 0.25) is 0 Å². The summed E-state index contributed by atoms with van der Waals surface area (Å²) in [6.07, 6.45) is 2.56. The lowest BCUT2D eigenvalue weighted by atomic mass is 10.0. The Morgan fingerprint density at radius 1 is 1.50 bits per heavy atom. The van der Waals surface area contributed by atoms with Crippen LogP contribution in [0.15, 0.2) is 28.7 Å². The molecule has 1 aliphatic carbocycles. The minimum absolute atomic E-state index is 0.505. The van der Waals surface area contributed by atoms with Gasteiger partial charge in [0.05, 0.1) is 0 Å². The number of rotatable bonds is 5. The van der Waals surface area contributed by atoms with E-state index in [9.17, 15) is 0 Å². The van der Waals surface area contributed by atoms with Crippen LogP contribution in [-0.2, 0) is 0 Å². The summed E-state index contributed by atoms with van der Waals surface area (Å²) >= 11 is 3.53.